The Hall–Kier alpha value is -2.90. The van der Waals surface area contributed by atoms with Gasteiger partial charge in [0.05, 0.1) is 11.3 Å². The Morgan fingerprint density at radius 1 is 1.14 bits per heavy atom. The molecular formula is C21H28N6O2. The Balaban J connectivity index is 1.62. The maximum atomic E-state index is 13.2. The Kier molecular flexibility index (Phi) is 4.80. The molecule has 0 aromatic carbocycles. The summed E-state index contributed by atoms with van der Waals surface area (Å²) in [4.78, 5) is 35.2. The number of hydrogen-bond acceptors (Lipinski definition) is 4. The van der Waals surface area contributed by atoms with Crippen LogP contribution in [0.4, 0.5) is 4.79 Å². The Labute approximate surface area is 171 Å². The van der Waals surface area contributed by atoms with Crippen LogP contribution in [0.5, 0.6) is 0 Å². The van der Waals surface area contributed by atoms with Gasteiger partial charge in [0.15, 0.2) is 0 Å². The molecule has 154 valence electrons. The second-order valence-electron chi connectivity index (χ2n) is 8.53. The molecule has 2 aromatic rings. The normalized spacial score (nSPS) is 17.9. The van der Waals surface area contributed by atoms with Gasteiger partial charge in [-0.2, -0.15) is 5.10 Å². The first-order valence-electron chi connectivity index (χ1n) is 9.99. The zero-order valence-electron chi connectivity index (χ0n) is 17.6. The minimum atomic E-state index is -0.217. The molecule has 0 bridgehead atoms. The molecule has 8 heteroatoms. The second kappa shape index (κ2) is 7.17. The van der Waals surface area contributed by atoms with Crippen molar-refractivity contribution >= 4 is 11.9 Å². The van der Waals surface area contributed by atoms with E-state index in [4.69, 9.17) is 5.10 Å². The van der Waals surface area contributed by atoms with Crippen LogP contribution in [0.15, 0.2) is 24.7 Å². The fourth-order valence-corrected chi connectivity index (χ4v) is 4.60. The molecule has 1 spiro atoms. The predicted molar refractivity (Wildman–Crippen MR) is 108 cm³/mol. The van der Waals surface area contributed by atoms with Gasteiger partial charge in [-0.3, -0.25) is 14.5 Å². The third kappa shape index (κ3) is 3.47. The first-order valence-corrected chi connectivity index (χ1v) is 9.99. The van der Waals surface area contributed by atoms with Gasteiger partial charge in [0.25, 0.3) is 5.91 Å². The van der Waals surface area contributed by atoms with Crippen LogP contribution in [0.25, 0.3) is 0 Å². The van der Waals surface area contributed by atoms with Crippen LogP contribution in [0.2, 0.25) is 0 Å². The van der Waals surface area contributed by atoms with Crippen molar-refractivity contribution in [2.75, 3.05) is 33.7 Å². The number of aromatic nitrogens is 3. The second-order valence-corrected chi connectivity index (χ2v) is 8.53. The number of rotatable bonds is 1. The summed E-state index contributed by atoms with van der Waals surface area (Å²) < 4.78 is 1.84. The minimum absolute atomic E-state index is 0.00174. The van der Waals surface area contributed by atoms with Crippen molar-refractivity contribution in [2.24, 2.45) is 7.05 Å². The molecule has 4 heterocycles. The zero-order chi connectivity index (χ0) is 20.8. The first-order chi connectivity index (χ1) is 13.8. The number of urea groups is 1. The monoisotopic (exact) mass is 396 g/mol. The lowest BCUT2D eigenvalue weighted by atomic mass is 9.72. The first kappa shape index (κ1) is 19.4. The van der Waals surface area contributed by atoms with Gasteiger partial charge in [-0.05, 0) is 31.4 Å². The molecule has 0 unspecified atom stereocenters. The number of carbonyl (C=O) groups excluding carboxylic acids is 2. The highest BCUT2D eigenvalue weighted by atomic mass is 16.2. The highest BCUT2D eigenvalue weighted by molar-refractivity contribution is 5.94. The molecule has 2 aromatic heterocycles. The molecule has 1 fully saturated rings. The Morgan fingerprint density at radius 2 is 1.86 bits per heavy atom. The fraction of sp³-hybridized carbons (Fsp3) is 0.524. The number of aryl methyl sites for hydroxylation is 2. The number of carbonyl (C=O) groups is 2. The average molecular weight is 396 g/mol. The molecule has 1 saturated heterocycles. The molecule has 3 amide bonds. The number of nitrogens with zero attached hydrogens (tertiary/aromatic N) is 6. The molecule has 0 aliphatic carbocycles. The molecule has 0 atom stereocenters. The van der Waals surface area contributed by atoms with Gasteiger partial charge >= 0.3 is 6.03 Å². The molecule has 0 radical (unpaired) electrons. The molecule has 4 rings (SSSR count). The van der Waals surface area contributed by atoms with Crippen LogP contribution in [0.3, 0.4) is 0 Å². The molecule has 0 N–H and O–H groups in total. The van der Waals surface area contributed by atoms with E-state index >= 15 is 0 Å². The van der Waals surface area contributed by atoms with E-state index < -0.39 is 0 Å². The van der Waals surface area contributed by atoms with Crippen molar-refractivity contribution in [1.82, 2.24) is 29.5 Å². The van der Waals surface area contributed by atoms with E-state index in [1.54, 1.807) is 31.4 Å². The molecular weight excluding hydrogens is 368 g/mol. The summed E-state index contributed by atoms with van der Waals surface area (Å²) in [5.74, 6) is 0.00174. The van der Waals surface area contributed by atoms with E-state index in [1.165, 1.54) is 0 Å². The number of pyridine rings is 1. The highest BCUT2D eigenvalue weighted by Crippen LogP contribution is 2.41. The third-order valence-electron chi connectivity index (χ3n) is 6.04. The van der Waals surface area contributed by atoms with Crippen LogP contribution in [0.1, 0.15) is 40.0 Å². The Bertz CT molecular complexity index is 942. The summed E-state index contributed by atoms with van der Waals surface area (Å²) in [5.41, 5.74) is 3.56. The standard InChI is InChI=1S/C21H28N6O2/c1-15-9-16(11-22-10-15)19(28)27-13-17-12-25(4)23-18(17)21(14-27)5-7-26(8-6-21)20(29)24(2)3/h9-12H,5-8,13-14H2,1-4H3. The van der Waals surface area contributed by atoms with Crippen LogP contribution in [-0.4, -0.2) is 75.1 Å². The maximum absolute atomic E-state index is 13.2. The number of fused-ring (bicyclic) bond motifs is 2. The topological polar surface area (TPSA) is 74.6 Å². The number of amides is 3. The lowest BCUT2D eigenvalue weighted by molar-refractivity contribution is 0.0583. The molecule has 2 aliphatic rings. The van der Waals surface area contributed by atoms with E-state index in [1.807, 2.05) is 40.7 Å². The van der Waals surface area contributed by atoms with Gasteiger partial charge in [-0.25, -0.2) is 4.79 Å². The van der Waals surface area contributed by atoms with Gasteiger partial charge < -0.3 is 14.7 Å². The summed E-state index contributed by atoms with van der Waals surface area (Å²) in [6.45, 7) is 4.45. The van der Waals surface area contributed by atoms with Crippen molar-refractivity contribution in [2.45, 2.75) is 31.7 Å². The van der Waals surface area contributed by atoms with Crippen LogP contribution in [0, 0.1) is 6.92 Å². The average Bonchev–Trinajstić information content (AvgIpc) is 3.08. The molecule has 2 aliphatic heterocycles. The lowest BCUT2D eigenvalue weighted by Crippen LogP contribution is -2.55. The van der Waals surface area contributed by atoms with Gasteiger partial charge in [-0.15, -0.1) is 0 Å². The number of hydrogen-bond donors (Lipinski definition) is 0. The van der Waals surface area contributed by atoms with E-state index in [2.05, 4.69) is 4.98 Å². The van der Waals surface area contributed by atoms with Gasteiger partial charge in [0.1, 0.15) is 0 Å². The van der Waals surface area contributed by atoms with Gasteiger partial charge in [0.2, 0.25) is 0 Å². The summed E-state index contributed by atoms with van der Waals surface area (Å²) in [6, 6.07) is 1.93. The summed E-state index contributed by atoms with van der Waals surface area (Å²) in [6.07, 6.45) is 7.01. The molecule has 0 saturated carbocycles. The smallest absolute Gasteiger partial charge is 0.319 e. The summed E-state index contributed by atoms with van der Waals surface area (Å²) in [5, 5.41) is 4.77. The van der Waals surface area contributed by atoms with E-state index in [-0.39, 0.29) is 17.4 Å². The Morgan fingerprint density at radius 3 is 2.52 bits per heavy atom. The SMILES string of the molecule is Cc1cncc(C(=O)N2Cc3cn(C)nc3C3(CCN(C(=O)N(C)C)CC3)C2)c1. The van der Waals surface area contributed by atoms with Gasteiger partial charge in [0, 0.05) is 76.9 Å². The van der Waals surface area contributed by atoms with Crippen molar-refractivity contribution in [3.05, 3.63) is 47.0 Å². The van der Waals surface area contributed by atoms with E-state index in [9.17, 15) is 9.59 Å². The van der Waals surface area contributed by atoms with Crippen LogP contribution < -0.4 is 0 Å². The predicted octanol–water partition coefficient (Wildman–Crippen LogP) is 1.79. The highest BCUT2D eigenvalue weighted by Gasteiger charge is 2.46. The van der Waals surface area contributed by atoms with Crippen molar-refractivity contribution in [3.8, 4) is 0 Å². The van der Waals surface area contributed by atoms with Crippen molar-refractivity contribution in [3.63, 3.8) is 0 Å². The quantitative estimate of drug-likeness (QED) is 0.737. The summed E-state index contributed by atoms with van der Waals surface area (Å²) in [7, 11) is 5.48. The largest absolute Gasteiger partial charge is 0.333 e. The third-order valence-corrected chi connectivity index (χ3v) is 6.04. The van der Waals surface area contributed by atoms with E-state index in [0.717, 1.165) is 29.7 Å². The van der Waals surface area contributed by atoms with E-state index in [0.29, 0.717) is 31.7 Å². The zero-order valence-corrected chi connectivity index (χ0v) is 17.6. The lowest BCUT2D eigenvalue weighted by Gasteiger charge is -2.46. The number of likely N-dealkylation sites (tertiary alicyclic amines) is 1. The van der Waals surface area contributed by atoms with Crippen LogP contribution in [-0.2, 0) is 19.0 Å². The van der Waals surface area contributed by atoms with Crippen molar-refractivity contribution < 1.29 is 9.59 Å². The maximum Gasteiger partial charge on any atom is 0.319 e. The minimum Gasteiger partial charge on any atom is -0.333 e. The number of piperidine rings is 1. The van der Waals surface area contributed by atoms with Crippen LogP contribution >= 0.6 is 0 Å². The van der Waals surface area contributed by atoms with Gasteiger partial charge in [-0.1, -0.05) is 0 Å². The molecule has 29 heavy (non-hydrogen) atoms. The molecule has 8 nitrogen and oxygen atoms in total. The van der Waals surface area contributed by atoms with Crippen molar-refractivity contribution in [1.29, 1.82) is 0 Å². The summed E-state index contributed by atoms with van der Waals surface area (Å²) >= 11 is 0. The fourth-order valence-electron chi connectivity index (χ4n) is 4.60.